The number of anilines is 1. The Kier molecular flexibility index (Phi) is 3.77. The summed E-state index contributed by atoms with van der Waals surface area (Å²) in [6.07, 6.45) is 0. The summed E-state index contributed by atoms with van der Waals surface area (Å²) in [4.78, 5) is 26.7. The van der Waals surface area contributed by atoms with Crippen LogP contribution in [0.15, 0.2) is 58.9 Å². The summed E-state index contributed by atoms with van der Waals surface area (Å²) in [7, 11) is 0. The average molecular weight is 355 g/mol. The van der Waals surface area contributed by atoms with Crippen molar-refractivity contribution in [2.24, 2.45) is 10.3 Å². The highest BCUT2D eigenvalue weighted by molar-refractivity contribution is 6.30. The predicted octanol–water partition coefficient (Wildman–Crippen LogP) is 3.14. The van der Waals surface area contributed by atoms with Gasteiger partial charge in [-0.05, 0) is 36.8 Å². The van der Waals surface area contributed by atoms with E-state index in [4.69, 9.17) is 11.6 Å². The zero-order valence-corrected chi connectivity index (χ0v) is 14.2. The molecule has 2 aliphatic heterocycles. The first-order valence-electron chi connectivity index (χ1n) is 7.91. The van der Waals surface area contributed by atoms with Crippen LogP contribution in [0.5, 0.6) is 0 Å². The van der Waals surface area contributed by atoms with Gasteiger partial charge in [0.1, 0.15) is 0 Å². The first-order valence-corrected chi connectivity index (χ1v) is 8.29. The van der Waals surface area contributed by atoms with Crippen molar-refractivity contribution in [1.29, 1.82) is 0 Å². The van der Waals surface area contributed by atoms with Crippen molar-refractivity contribution in [2.45, 2.75) is 25.6 Å². The molecule has 0 N–H and O–H groups in total. The topological polar surface area (TPSA) is 65.3 Å². The normalized spacial score (nSPS) is 22.0. The van der Waals surface area contributed by atoms with Gasteiger partial charge in [-0.25, -0.2) is 4.90 Å². The summed E-state index contributed by atoms with van der Waals surface area (Å²) in [5.74, 6) is -0.637. The molecule has 2 heterocycles. The second-order valence-corrected chi connectivity index (χ2v) is 6.61. The smallest absolute Gasteiger partial charge is 0.263 e. The Balaban J connectivity index is 1.60. The van der Waals surface area contributed by atoms with Crippen molar-refractivity contribution < 1.29 is 9.59 Å². The number of nitrogens with zero attached hydrogens (tertiary/aromatic N) is 4. The highest BCUT2D eigenvalue weighted by Gasteiger charge is 2.54. The van der Waals surface area contributed by atoms with Crippen LogP contribution in [0.1, 0.15) is 11.1 Å². The van der Waals surface area contributed by atoms with Gasteiger partial charge in [0.05, 0.1) is 12.2 Å². The molecule has 0 aliphatic carbocycles. The van der Waals surface area contributed by atoms with Crippen molar-refractivity contribution in [1.82, 2.24) is 5.01 Å². The van der Waals surface area contributed by atoms with Gasteiger partial charge >= 0.3 is 0 Å². The minimum absolute atomic E-state index is 0.300. The van der Waals surface area contributed by atoms with E-state index in [1.54, 1.807) is 23.2 Å². The lowest BCUT2D eigenvalue weighted by atomic mass is 10.1. The van der Waals surface area contributed by atoms with Crippen molar-refractivity contribution in [3.63, 3.8) is 0 Å². The number of hydrogen-bond donors (Lipinski definition) is 0. The van der Waals surface area contributed by atoms with Gasteiger partial charge in [0.15, 0.2) is 12.1 Å². The van der Waals surface area contributed by atoms with Crippen molar-refractivity contribution >= 4 is 29.1 Å². The lowest BCUT2D eigenvalue weighted by molar-refractivity contribution is -0.123. The van der Waals surface area contributed by atoms with Crippen LogP contribution < -0.4 is 4.90 Å². The van der Waals surface area contributed by atoms with E-state index in [9.17, 15) is 9.59 Å². The Labute approximate surface area is 149 Å². The van der Waals surface area contributed by atoms with Crippen LogP contribution in [-0.4, -0.2) is 28.9 Å². The van der Waals surface area contributed by atoms with E-state index in [2.05, 4.69) is 10.3 Å². The molecule has 6 nitrogen and oxygen atoms in total. The summed E-state index contributed by atoms with van der Waals surface area (Å²) < 4.78 is 0. The number of amides is 2. The van der Waals surface area contributed by atoms with Crippen LogP contribution >= 0.6 is 11.6 Å². The van der Waals surface area contributed by atoms with Crippen molar-refractivity contribution in [3.8, 4) is 0 Å². The number of fused-ring (bicyclic) bond motifs is 1. The van der Waals surface area contributed by atoms with Gasteiger partial charge in [0.25, 0.3) is 11.8 Å². The molecular weight excluding hydrogens is 340 g/mol. The summed E-state index contributed by atoms with van der Waals surface area (Å²) >= 11 is 6.01. The molecule has 0 unspecified atom stereocenters. The molecular formula is C18H15ClN4O2. The van der Waals surface area contributed by atoms with Gasteiger partial charge in [-0.1, -0.05) is 46.7 Å². The summed E-state index contributed by atoms with van der Waals surface area (Å²) in [6.45, 7) is 2.32. The number of benzene rings is 2. The van der Waals surface area contributed by atoms with Crippen LogP contribution in [-0.2, 0) is 16.1 Å². The maximum absolute atomic E-state index is 12.9. The Bertz CT molecular complexity index is 881. The van der Waals surface area contributed by atoms with Crippen molar-refractivity contribution in [2.75, 3.05) is 4.90 Å². The molecule has 2 amide bonds. The number of carbonyl (C=O) groups excluding carboxylic acids is 2. The molecule has 2 aliphatic rings. The molecule has 2 aromatic carbocycles. The standard InChI is InChI=1S/C18H15ClN4O2/c1-11-5-7-14(8-6-11)23-17(24)15-16(18(23)25)22(21-20-15)10-12-3-2-4-13(19)9-12/h2-9,15-16H,10H2,1H3/t15-,16-/m1/s1. The Morgan fingerprint density at radius 1 is 1.08 bits per heavy atom. The number of rotatable bonds is 3. The van der Waals surface area contributed by atoms with Crippen LogP contribution in [0, 0.1) is 6.92 Å². The van der Waals surface area contributed by atoms with Gasteiger partial charge in [-0.3, -0.25) is 14.6 Å². The zero-order valence-electron chi connectivity index (χ0n) is 13.5. The number of hydrogen-bond acceptors (Lipinski definition) is 5. The van der Waals surface area contributed by atoms with E-state index in [0.29, 0.717) is 17.3 Å². The molecule has 2 atom stereocenters. The van der Waals surface area contributed by atoms with Gasteiger partial charge in [-0.15, -0.1) is 0 Å². The fourth-order valence-electron chi connectivity index (χ4n) is 3.12. The van der Waals surface area contributed by atoms with Crippen LogP contribution in [0.25, 0.3) is 0 Å². The van der Waals surface area contributed by atoms with Gasteiger partial charge < -0.3 is 0 Å². The molecule has 0 radical (unpaired) electrons. The molecule has 25 heavy (non-hydrogen) atoms. The largest absolute Gasteiger partial charge is 0.271 e. The molecule has 0 bridgehead atoms. The summed E-state index contributed by atoms with van der Waals surface area (Å²) in [5.41, 5.74) is 2.53. The van der Waals surface area contributed by atoms with E-state index in [1.807, 2.05) is 37.3 Å². The number of imide groups is 1. The van der Waals surface area contributed by atoms with E-state index in [0.717, 1.165) is 11.1 Å². The Morgan fingerprint density at radius 3 is 2.56 bits per heavy atom. The number of carbonyl (C=O) groups is 2. The molecule has 7 heteroatoms. The molecule has 0 aromatic heterocycles. The zero-order chi connectivity index (χ0) is 17.6. The third-order valence-corrected chi connectivity index (χ3v) is 4.62. The van der Waals surface area contributed by atoms with Crippen LogP contribution in [0.3, 0.4) is 0 Å². The fraction of sp³-hybridized carbons (Fsp3) is 0.222. The third-order valence-electron chi connectivity index (χ3n) is 4.38. The minimum atomic E-state index is -0.784. The second kappa shape index (κ2) is 5.97. The second-order valence-electron chi connectivity index (χ2n) is 6.17. The lowest BCUT2D eigenvalue weighted by Crippen LogP contribution is -2.39. The monoisotopic (exact) mass is 354 g/mol. The molecule has 4 rings (SSSR count). The highest BCUT2D eigenvalue weighted by Crippen LogP contribution is 2.33. The number of aryl methyl sites for hydroxylation is 1. The maximum atomic E-state index is 12.9. The summed E-state index contributed by atoms with van der Waals surface area (Å²) in [6, 6.07) is 13.1. The summed E-state index contributed by atoms with van der Waals surface area (Å²) in [5, 5.41) is 10.2. The highest BCUT2D eigenvalue weighted by atomic mass is 35.5. The SMILES string of the molecule is Cc1ccc(N2C(=O)[C@@H]3N=NN(Cc4cccc(Cl)c4)[C@H]3C2=O)cc1. The van der Waals surface area contributed by atoms with E-state index in [-0.39, 0.29) is 11.8 Å². The quantitative estimate of drug-likeness (QED) is 0.795. The number of halogens is 1. The molecule has 0 saturated carbocycles. The van der Waals surface area contributed by atoms with E-state index in [1.165, 1.54) is 4.90 Å². The van der Waals surface area contributed by atoms with E-state index < -0.39 is 12.1 Å². The molecule has 2 aromatic rings. The Morgan fingerprint density at radius 2 is 1.84 bits per heavy atom. The van der Waals surface area contributed by atoms with Crippen LogP contribution in [0.2, 0.25) is 5.02 Å². The molecule has 126 valence electrons. The van der Waals surface area contributed by atoms with Crippen LogP contribution in [0.4, 0.5) is 5.69 Å². The fourth-order valence-corrected chi connectivity index (χ4v) is 3.34. The third kappa shape index (κ3) is 2.68. The molecule has 1 fully saturated rings. The van der Waals surface area contributed by atoms with E-state index >= 15 is 0 Å². The maximum Gasteiger partial charge on any atom is 0.263 e. The first kappa shape index (κ1) is 15.8. The Hall–Kier alpha value is -2.73. The predicted molar refractivity (Wildman–Crippen MR) is 93.1 cm³/mol. The van der Waals surface area contributed by atoms with Crippen molar-refractivity contribution in [3.05, 3.63) is 64.7 Å². The molecule has 0 spiro atoms. The first-order chi connectivity index (χ1) is 12.0. The average Bonchev–Trinajstić information content (AvgIpc) is 3.10. The van der Waals surface area contributed by atoms with Gasteiger partial charge in [0.2, 0.25) is 0 Å². The van der Waals surface area contributed by atoms with Gasteiger partial charge in [-0.2, -0.15) is 5.11 Å². The molecule has 1 saturated heterocycles. The minimum Gasteiger partial charge on any atom is -0.271 e. The lowest BCUT2D eigenvalue weighted by Gasteiger charge is -2.20. The van der Waals surface area contributed by atoms with Gasteiger partial charge in [0, 0.05) is 5.02 Å².